The molecule has 6 heteroatoms. The number of hydrogen-bond donors (Lipinski definition) is 1. The number of halogens is 1. The van der Waals surface area contributed by atoms with Gasteiger partial charge in [0.05, 0.1) is 4.91 Å². The summed E-state index contributed by atoms with van der Waals surface area (Å²) in [5, 5.41) is 2.88. The van der Waals surface area contributed by atoms with Crippen LogP contribution in [0.2, 0.25) is 0 Å². The highest BCUT2D eigenvalue weighted by Crippen LogP contribution is 2.31. The molecule has 1 aromatic heterocycles. The number of thioether (sulfide) groups is 1. The molecule has 2 aromatic rings. The van der Waals surface area contributed by atoms with Crippen molar-refractivity contribution < 1.29 is 14.0 Å². The summed E-state index contributed by atoms with van der Waals surface area (Å²) < 4.78 is 6.22. The lowest BCUT2D eigenvalue weighted by molar-refractivity contribution is -0.115. The summed E-state index contributed by atoms with van der Waals surface area (Å²) in [4.78, 5) is 23.0. The molecule has 1 aliphatic heterocycles. The number of aryl methyl sites for hydroxylation is 1. The highest BCUT2D eigenvalue weighted by Gasteiger charge is 2.24. The van der Waals surface area contributed by atoms with Gasteiger partial charge in [-0.15, -0.1) is 0 Å². The molecule has 0 atom stereocenters. The van der Waals surface area contributed by atoms with Crippen molar-refractivity contribution in [1.29, 1.82) is 0 Å². The summed E-state index contributed by atoms with van der Waals surface area (Å²) >= 11 is 4.26. The Balaban J connectivity index is 2.07. The minimum absolute atomic E-state index is 0.334. The van der Waals surface area contributed by atoms with E-state index < -0.39 is 0 Å². The molecule has 0 saturated carbocycles. The Labute approximate surface area is 121 Å². The van der Waals surface area contributed by atoms with Crippen LogP contribution in [0.15, 0.2) is 32.2 Å². The molecule has 0 spiro atoms. The summed E-state index contributed by atoms with van der Waals surface area (Å²) in [6.45, 7) is 1.95. The number of nitrogens with one attached hydrogen (secondary N) is 1. The molecule has 0 radical (unpaired) electrons. The van der Waals surface area contributed by atoms with Crippen LogP contribution in [0, 0.1) is 6.92 Å². The minimum atomic E-state index is -0.347. The average Bonchev–Trinajstić information content (AvgIpc) is 2.82. The van der Waals surface area contributed by atoms with E-state index in [0.29, 0.717) is 9.57 Å². The van der Waals surface area contributed by atoms with Crippen LogP contribution < -0.4 is 5.32 Å². The second-order valence-corrected chi connectivity index (χ2v) is 5.84. The third-order valence-electron chi connectivity index (χ3n) is 2.84. The predicted octanol–water partition coefficient (Wildman–Crippen LogP) is 3.83. The van der Waals surface area contributed by atoms with Gasteiger partial charge in [-0.2, -0.15) is 0 Å². The van der Waals surface area contributed by atoms with Crippen LogP contribution in [0.4, 0.5) is 4.79 Å². The molecule has 19 heavy (non-hydrogen) atoms. The van der Waals surface area contributed by atoms with Crippen LogP contribution in [-0.4, -0.2) is 11.1 Å². The molecule has 0 aliphatic carbocycles. The molecule has 4 nitrogen and oxygen atoms in total. The van der Waals surface area contributed by atoms with Gasteiger partial charge in [0.25, 0.3) is 11.1 Å². The molecule has 1 saturated heterocycles. The summed E-state index contributed by atoms with van der Waals surface area (Å²) in [6.07, 6.45) is 1.70. The molecule has 2 heterocycles. The second kappa shape index (κ2) is 4.54. The smallest absolute Gasteiger partial charge is 0.290 e. The van der Waals surface area contributed by atoms with Crippen LogP contribution in [0.3, 0.4) is 0 Å². The van der Waals surface area contributed by atoms with E-state index in [4.69, 9.17) is 4.42 Å². The first-order valence-electron chi connectivity index (χ1n) is 5.48. The van der Waals surface area contributed by atoms with E-state index in [1.807, 2.05) is 25.1 Å². The van der Waals surface area contributed by atoms with Crippen molar-refractivity contribution in [1.82, 2.24) is 5.32 Å². The quantitative estimate of drug-likeness (QED) is 0.803. The van der Waals surface area contributed by atoms with E-state index in [9.17, 15) is 9.59 Å². The zero-order chi connectivity index (χ0) is 13.6. The SMILES string of the molecule is Cc1c(Br)oc2ccc(/C=C3\SC(=O)NC3=O)cc12. The monoisotopic (exact) mass is 337 g/mol. The maximum atomic E-state index is 11.5. The van der Waals surface area contributed by atoms with Crippen LogP contribution >= 0.6 is 27.7 Å². The van der Waals surface area contributed by atoms with Gasteiger partial charge in [0.1, 0.15) is 5.58 Å². The van der Waals surface area contributed by atoms with Gasteiger partial charge in [-0.3, -0.25) is 14.9 Å². The summed E-state index contributed by atoms with van der Waals surface area (Å²) in [5.41, 5.74) is 2.65. The van der Waals surface area contributed by atoms with Crippen molar-refractivity contribution in [3.05, 3.63) is 38.9 Å². The van der Waals surface area contributed by atoms with E-state index in [1.54, 1.807) is 6.08 Å². The third kappa shape index (κ3) is 2.21. The fourth-order valence-corrected chi connectivity index (χ4v) is 2.94. The number of amides is 2. The fraction of sp³-hybridized carbons (Fsp3) is 0.0769. The fourth-order valence-electron chi connectivity index (χ4n) is 1.87. The van der Waals surface area contributed by atoms with Crippen molar-refractivity contribution in [3.63, 3.8) is 0 Å². The number of benzene rings is 1. The number of carbonyl (C=O) groups is 2. The molecular formula is C13H8BrNO3S. The van der Waals surface area contributed by atoms with Gasteiger partial charge < -0.3 is 4.42 Å². The van der Waals surface area contributed by atoms with Crippen LogP contribution in [-0.2, 0) is 4.79 Å². The second-order valence-electron chi connectivity index (χ2n) is 4.11. The van der Waals surface area contributed by atoms with E-state index in [2.05, 4.69) is 21.2 Å². The van der Waals surface area contributed by atoms with Crippen LogP contribution in [0.25, 0.3) is 17.0 Å². The Kier molecular flexibility index (Phi) is 2.99. The van der Waals surface area contributed by atoms with Gasteiger partial charge in [-0.05, 0) is 58.4 Å². The Bertz CT molecular complexity index is 748. The Morgan fingerprint density at radius 1 is 1.37 bits per heavy atom. The Hall–Kier alpha value is -1.53. The van der Waals surface area contributed by atoms with E-state index in [1.165, 1.54) is 0 Å². The lowest BCUT2D eigenvalue weighted by atomic mass is 10.1. The summed E-state index contributed by atoms with van der Waals surface area (Å²) in [5.74, 6) is -0.347. The minimum Gasteiger partial charge on any atom is -0.449 e. The highest BCUT2D eigenvalue weighted by atomic mass is 79.9. The first-order chi connectivity index (χ1) is 9.04. The zero-order valence-electron chi connectivity index (χ0n) is 9.82. The van der Waals surface area contributed by atoms with Crippen LogP contribution in [0.1, 0.15) is 11.1 Å². The van der Waals surface area contributed by atoms with Crippen molar-refractivity contribution in [2.75, 3.05) is 0 Å². The van der Waals surface area contributed by atoms with Gasteiger partial charge in [0.15, 0.2) is 4.67 Å². The molecule has 1 fully saturated rings. The normalized spacial score (nSPS) is 17.5. The topological polar surface area (TPSA) is 59.3 Å². The highest BCUT2D eigenvalue weighted by molar-refractivity contribution is 9.10. The van der Waals surface area contributed by atoms with E-state index >= 15 is 0 Å². The molecule has 0 bridgehead atoms. The summed E-state index contributed by atoms with van der Waals surface area (Å²) in [7, 11) is 0. The van der Waals surface area contributed by atoms with E-state index in [-0.39, 0.29) is 11.1 Å². The van der Waals surface area contributed by atoms with Crippen molar-refractivity contribution in [3.8, 4) is 0 Å². The molecule has 96 valence electrons. The number of imide groups is 1. The maximum absolute atomic E-state index is 11.5. The van der Waals surface area contributed by atoms with Crippen LogP contribution in [0.5, 0.6) is 0 Å². The Morgan fingerprint density at radius 3 is 2.84 bits per heavy atom. The lowest BCUT2D eigenvalue weighted by Crippen LogP contribution is -2.17. The van der Waals surface area contributed by atoms with Crippen molar-refractivity contribution in [2.24, 2.45) is 0 Å². The van der Waals surface area contributed by atoms with Crippen molar-refractivity contribution in [2.45, 2.75) is 6.92 Å². The number of furan rings is 1. The molecule has 0 unspecified atom stereocenters. The molecule has 1 aliphatic rings. The maximum Gasteiger partial charge on any atom is 0.290 e. The first kappa shape index (κ1) is 12.5. The molecule has 2 amide bonds. The molecule has 3 rings (SSSR count). The number of hydrogen-bond acceptors (Lipinski definition) is 4. The zero-order valence-corrected chi connectivity index (χ0v) is 12.2. The van der Waals surface area contributed by atoms with Gasteiger partial charge in [-0.25, -0.2) is 0 Å². The predicted molar refractivity (Wildman–Crippen MR) is 77.8 cm³/mol. The molecular weight excluding hydrogens is 330 g/mol. The first-order valence-corrected chi connectivity index (χ1v) is 7.09. The largest absolute Gasteiger partial charge is 0.449 e. The van der Waals surface area contributed by atoms with Gasteiger partial charge >= 0.3 is 0 Å². The number of carbonyl (C=O) groups excluding carboxylic acids is 2. The third-order valence-corrected chi connectivity index (χ3v) is 4.41. The number of rotatable bonds is 1. The van der Waals surface area contributed by atoms with E-state index in [0.717, 1.165) is 33.9 Å². The standard InChI is InChI=1S/C13H8BrNO3S/c1-6-8-4-7(2-3-9(8)18-11(6)14)5-10-12(16)15-13(17)19-10/h2-5H,1H3,(H,15,16,17)/b10-5-. The van der Waals surface area contributed by atoms with Gasteiger partial charge in [0, 0.05) is 10.9 Å². The average molecular weight is 338 g/mol. The van der Waals surface area contributed by atoms with Gasteiger partial charge in [-0.1, -0.05) is 6.07 Å². The molecule has 1 N–H and O–H groups in total. The van der Waals surface area contributed by atoms with Crippen molar-refractivity contribution >= 4 is 55.9 Å². The molecule has 1 aromatic carbocycles. The lowest BCUT2D eigenvalue weighted by Gasteiger charge is -1.96. The number of fused-ring (bicyclic) bond motifs is 1. The van der Waals surface area contributed by atoms with Gasteiger partial charge in [0.2, 0.25) is 0 Å². The Morgan fingerprint density at radius 2 is 2.16 bits per heavy atom. The summed E-state index contributed by atoms with van der Waals surface area (Å²) in [6, 6.07) is 5.63.